The average Bonchev–Trinajstić information content (AvgIpc) is 3.04. The van der Waals surface area contributed by atoms with E-state index in [0.717, 1.165) is 17.0 Å². The zero-order valence-electron chi connectivity index (χ0n) is 17.0. The SMILES string of the molecule is Cc1ccc(C)n1NC(=O)c1ccc(O[C@H](C(=O)N(C)C)c2ccccc2)cc1. The maximum absolute atomic E-state index is 12.6. The van der Waals surface area contributed by atoms with E-state index in [1.54, 1.807) is 43.0 Å². The lowest BCUT2D eigenvalue weighted by atomic mass is 10.1. The predicted molar refractivity (Wildman–Crippen MR) is 113 cm³/mol. The van der Waals surface area contributed by atoms with Crippen molar-refractivity contribution in [3.05, 3.63) is 89.2 Å². The normalized spacial score (nSPS) is 11.6. The van der Waals surface area contributed by atoms with E-state index in [4.69, 9.17) is 4.74 Å². The first-order chi connectivity index (χ1) is 13.9. The highest BCUT2D eigenvalue weighted by atomic mass is 16.5. The van der Waals surface area contributed by atoms with Gasteiger partial charge in [-0.3, -0.25) is 19.7 Å². The molecule has 0 radical (unpaired) electrons. The number of aryl methyl sites for hydroxylation is 2. The van der Waals surface area contributed by atoms with Crippen molar-refractivity contribution in [1.29, 1.82) is 0 Å². The minimum absolute atomic E-state index is 0.156. The molecule has 0 aliphatic rings. The van der Waals surface area contributed by atoms with Gasteiger partial charge in [-0.15, -0.1) is 0 Å². The van der Waals surface area contributed by atoms with Crippen LogP contribution in [0.2, 0.25) is 0 Å². The van der Waals surface area contributed by atoms with E-state index >= 15 is 0 Å². The molecular weight excluding hydrogens is 366 g/mol. The lowest BCUT2D eigenvalue weighted by Gasteiger charge is -2.22. The summed E-state index contributed by atoms with van der Waals surface area (Å²) in [4.78, 5) is 26.6. The van der Waals surface area contributed by atoms with Crippen molar-refractivity contribution in [1.82, 2.24) is 9.58 Å². The Balaban J connectivity index is 1.76. The van der Waals surface area contributed by atoms with Crippen LogP contribution >= 0.6 is 0 Å². The Morgan fingerprint density at radius 1 is 0.897 bits per heavy atom. The first-order valence-corrected chi connectivity index (χ1v) is 9.36. The van der Waals surface area contributed by atoms with Crippen molar-refractivity contribution in [2.24, 2.45) is 0 Å². The largest absolute Gasteiger partial charge is 0.476 e. The molecule has 0 aliphatic carbocycles. The van der Waals surface area contributed by atoms with Crippen molar-refractivity contribution >= 4 is 11.8 Å². The molecule has 0 aliphatic heterocycles. The van der Waals surface area contributed by atoms with Crippen LogP contribution in [0.15, 0.2) is 66.7 Å². The minimum atomic E-state index is -0.754. The van der Waals surface area contributed by atoms with E-state index in [1.807, 2.05) is 56.3 Å². The first kappa shape index (κ1) is 20.2. The quantitative estimate of drug-likeness (QED) is 0.697. The van der Waals surface area contributed by atoms with Gasteiger partial charge in [0.05, 0.1) is 0 Å². The van der Waals surface area contributed by atoms with Gasteiger partial charge in [-0.25, -0.2) is 0 Å². The molecule has 1 heterocycles. The Morgan fingerprint density at radius 2 is 1.48 bits per heavy atom. The van der Waals surface area contributed by atoms with E-state index < -0.39 is 6.10 Å². The topological polar surface area (TPSA) is 63.6 Å². The molecular formula is C23H25N3O3. The molecule has 3 rings (SSSR count). The van der Waals surface area contributed by atoms with Gasteiger partial charge in [-0.2, -0.15) is 0 Å². The fraction of sp³-hybridized carbons (Fsp3) is 0.217. The van der Waals surface area contributed by atoms with Gasteiger partial charge >= 0.3 is 0 Å². The molecule has 6 heteroatoms. The summed E-state index contributed by atoms with van der Waals surface area (Å²) in [6.45, 7) is 3.85. The number of nitrogens with zero attached hydrogens (tertiary/aromatic N) is 2. The number of carbonyl (C=O) groups is 2. The van der Waals surface area contributed by atoms with Crippen LogP contribution in [0.25, 0.3) is 0 Å². The Bertz CT molecular complexity index is 972. The number of ether oxygens (including phenoxy) is 1. The molecule has 1 N–H and O–H groups in total. The van der Waals surface area contributed by atoms with Crippen molar-refractivity contribution < 1.29 is 14.3 Å². The molecule has 0 spiro atoms. The van der Waals surface area contributed by atoms with Gasteiger partial charge in [0.1, 0.15) is 5.75 Å². The predicted octanol–water partition coefficient (Wildman–Crippen LogP) is 3.70. The monoisotopic (exact) mass is 391 g/mol. The number of aromatic nitrogens is 1. The standard InChI is InChI=1S/C23H25N3O3/c1-16-10-11-17(2)26(16)24-22(27)19-12-14-20(15-13-19)29-21(23(28)25(3)4)18-8-6-5-7-9-18/h5-15,21H,1-4H3,(H,24,27)/t21-/m0/s1. The fourth-order valence-corrected chi connectivity index (χ4v) is 2.96. The van der Waals surface area contributed by atoms with Gasteiger partial charge < -0.3 is 9.64 Å². The summed E-state index contributed by atoms with van der Waals surface area (Å²) >= 11 is 0. The summed E-state index contributed by atoms with van der Waals surface area (Å²) in [5.74, 6) is 0.137. The molecule has 0 fully saturated rings. The van der Waals surface area contributed by atoms with Crippen molar-refractivity contribution in [3.8, 4) is 5.75 Å². The molecule has 1 atom stereocenters. The fourth-order valence-electron chi connectivity index (χ4n) is 2.96. The Hall–Kier alpha value is -3.54. The van der Waals surface area contributed by atoms with Gasteiger partial charge in [0.15, 0.2) is 0 Å². The van der Waals surface area contributed by atoms with Gasteiger partial charge in [-0.05, 0) is 50.2 Å². The van der Waals surface area contributed by atoms with E-state index in [9.17, 15) is 9.59 Å². The third kappa shape index (κ3) is 4.66. The van der Waals surface area contributed by atoms with Crippen LogP contribution in [0.3, 0.4) is 0 Å². The lowest BCUT2D eigenvalue weighted by molar-refractivity contribution is -0.136. The second-order valence-electron chi connectivity index (χ2n) is 7.06. The van der Waals surface area contributed by atoms with E-state index in [0.29, 0.717) is 11.3 Å². The molecule has 0 unspecified atom stereocenters. The summed E-state index contributed by atoms with van der Waals surface area (Å²) < 4.78 is 7.72. The van der Waals surface area contributed by atoms with Gasteiger partial charge in [0, 0.05) is 36.6 Å². The van der Waals surface area contributed by atoms with E-state index in [2.05, 4.69) is 5.43 Å². The molecule has 0 saturated carbocycles. The summed E-state index contributed by atoms with van der Waals surface area (Å²) in [6, 6.07) is 20.0. The van der Waals surface area contributed by atoms with Crippen LogP contribution in [-0.2, 0) is 4.79 Å². The van der Waals surface area contributed by atoms with E-state index in [-0.39, 0.29) is 11.8 Å². The third-order valence-corrected chi connectivity index (χ3v) is 4.62. The molecule has 2 aromatic carbocycles. The Labute approximate surface area is 170 Å². The molecule has 150 valence electrons. The van der Waals surface area contributed by atoms with Crippen molar-refractivity contribution in [2.75, 3.05) is 19.5 Å². The number of carbonyl (C=O) groups excluding carboxylic acids is 2. The highest BCUT2D eigenvalue weighted by molar-refractivity contribution is 6.00. The van der Waals surface area contributed by atoms with Gasteiger partial charge in [0.2, 0.25) is 6.10 Å². The number of benzene rings is 2. The molecule has 29 heavy (non-hydrogen) atoms. The zero-order chi connectivity index (χ0) is 21.0. The molecule has 1 aromatic heterocycles. The number of likely N-dealkylation sites (N-methyl/N-ethyl adjacent to an activating group) is 1. The Morgan fingerprint density at radius 3 is 2.03 bits per heavy atom. The third-order valence-electron chi connectivity index (χ3n) is 4.62. The second-order valence-corrected chi connectivity index (χ2v) is 7.06. The smallest absolute Gasteiger partial charge is 0.270 e. The van der Waals surface area contributed by atoms with Crippen LogP contribution in [0.1, 0.15) is 33.4 Å². The number of hydrogen-bond donors (Lipinski definition) is 1. The highest BCUT2D eigenvalue weighted by Gasteiger charge is 2.24. The maximum Gasteiger partial charge on any atom is 0.270 e. The number of rotatable bonds is 6. The Kier molecular flexibility index (Phi) is 6.02. The van der Waals surface area contributed by atoms with Gasteiger partial charge in [-0.1, -0.05) is 30.3 Å². The second kappa shape index (κ2) is 8.65. The zero-order valence-corrected chi connectivity index (χ0v) is 17.0. The number of hydrogen-bond acceptors (Lipinski definition) is 3. The first-order valence-electron chi connectivity index (χ1n) is 9.36. The van der Waals surface area contributed by atoms with Crippen LogP contribution in [0, 0.1) is 13.8 Å². The highest BCUT2D eigenvalue weighted by Crippen LogP contribution is 2.24. The minimum Gasteiger partial charge on any atom is -0.476 e. The van der Waals surface area contributed by atoms with E-state index in [1.165, 1.54) is 4.90 Å². The van der Waals surface area contributed by atoms with Gasteiger partial charge in [0.25, 0.3) is 11.8 Å². The number of amides is 2. The summed E-state index contributed by atoms with van der Waals surface area (Å²) in [6.07, 6.45) is -0.754. The lowest BCUT2D eigenvalue weighted by Crippen LogP contribution is -2.31. The average molecular weight is 391 g/mol. The van der Waals surface area contributed by atoms with Crippen LogP contribution in [-0.4, -0.2) is 35.5 Å². The van der Waals surface area contributed by atoms with Crippen LogP contribution < -0.4 is 10.2 Å². The van der Waals surface area contributed by atoms with Crippen LogP contribution in [0.5, 0.6) is 5.75 Å². The van der Waals surface area contributed by atoms with Crippen molar-refractivity contribution in [2.45, 2.75) is 20.0 Å². The molecule has 6 nitrogen and oxygen atoms in total. The summed E-state index contributed by atoms with van der Waals surface area (Å²) in [5.41, 5.74) is 6.04. The maximum atomic E-state index is 12.6. The molecule has 2 amide bonds. The van der Waals surface area contributed by atoms with Crippen LogP contribution in [0.4, 0.5) is 0 Å². The summed E-state index contributed by atoms with van der Waals surface area (Å²) in [7, 11) is 3.39. The number of nitrogens with one attached hydrogen (secondary N) is 1. The molecule has 3 aromatic rings. The summed E-state index contributed by atoms with van der Waals surface area (Å²) in [5, 5.41) is 0. The molecule has 0 bridgehead atoms. The van der Waals surface area contributed by atoms with Crippen molar-refractivity contribution in [3.63, 3.8) is 0 Å². The molecule has 0 saturated heterocycles.